The smallest absolute Gasteiger partial charge is 0.0397 e. The van der Waals surface area contributed by atoms with Crippen molar-refractivity contribution in [3.8, 4) is 0 Å². The molecule has 0 saturated heterocycles. The van der Waals surface area contributed by atoms with Gasteiger partial charge in [-0.1, -0.05) is 34.1 Å². The Labute approximate surface area is 75.3 Å². The van der Waals surface area contributed by atoms with Gasteiger partial charge in [-0.05, 0) is 13.0 Å². The van der Waals surface area contributed by atoms with E-state index in [2.05, 4.69) is 20.9 Å². The number of benzene rings is 1. The number of halogens is 1. The van der Waals surface area contributed by atoms with Crippen LogP contribution >= 0.6 is 15.9 Å². The van der Waals surface area contributed by atoms with Gasteiger partial charge in [0.1, 0.15) is 0 Å². The van der Waals surface area contributed by atoms with Gasteiger partial charge < -0.3 is 0 Å². The molecule has 0 aromatic heterocycles. The quantitative estimate of drug-likeness (QED) is 0.634. The van der Waals surface area contributed by atoms with Crippen LogP contribution in [0.3, 0.4) is 0 Å². The Morgan fingerprint density at radius 1 is 1.36 bits per heavy atom. The monoisotopic (exact) mass is 211 g/mol. The lowest BCUT2D eigenvalue weighted by atomic mass is 10.1. The second-order valence-electron chi connectivity index (χ2n) is 2.29. The van der Waals surface area contributed by atoms with E-state index in [1.165, 1.54) is 0 Å². The van der Waals surface area contributed by atoms with Crippen molar-refractivity contribution in [1.82, 2.24) is 0 Å². The molecule has 0 saturated carbocycles. The van der Waals surface area contributed by atoms with Gasteiger partial charge in [0.15, 0.2) is 0 Å². The van der Waals surface area contributed by atoms with Crippen LogP contribution in [-0.2, 0) is 0 Å². The van der Waals surface area contributed by atoms with Crippen LogP contribution in [0.1, 0.15) is 12.5 Å². The molecule has 0 spiro atoms. The molecule has 1 rings (SSSR count). The van der Waals surface area contributed by atoms with Crippen LogP contribution in [0.15, 0.2) is 33.7 Å². The Morgan fingerprint density at radius 3 is 2.55 bits per heavy atom. The summed E-state index contributed by atoms with van der Waals surface area (Å²) in [5, 5.41) is 0. The fourth-order valence-electron chi connectivity index (χ4n) is 0.875. The first-order chi connectivity index (χ1) is 5.25. The van der Waals surface area contributed by atoms with Crippen LogP contribution in [0.2, 0.25) is 0 Å². The molecule has 2 heteroatoms. The third-order valence-electron chi connectivity index (χ3n) is 1.60. The zero-order valence-electron chi connectivity index (χ0n) is 6.63. The molecule has 0 unspecified atom stereocenters. The molecule has 0 amide bonds. The minimum absolute atomic E-state index is 1.05. The molecular weight excluding hydrogens is 202 g/mol. The van der Waals surface area contributed by atoms with Crippen LogP contribution in [-0.4, -0.2) is 12.8 Å². The van der Waals surface area contributed by atoms with Crippen LogP contribution < -0.4 is 0 Å². The molecule has 1 aromatic carbocycles. The highest BCUT2D eigenvalue weighted by atomic mass is 79.9. The number of rotatable bonds is 1. The van der Waals surface area contributed by atoms with Crippen molar-refractivity contribution in [2.24, 2.45) is 4.99 Å². The molecule has 0 heterocycles. The summed E-state index contributed by atoms with van der Waals surface area (Å²) in [5.41, 5.74) is 2.22. The van der Waals surface area contributed by atoms with Gasteiger partial charge in [-0.25, -0.2) is 0 Å². The summed E-state index contributed by atoms with van der Waals surface area (Å²) in [6.07, 6.45) is 0. The lowest BCUT2D eigenvalue weighted by Crippen LogP contribution is -1.94. The van der Waals surface area contributed by atoms with Gasteiger partial charge in [0.2, 0.25) is 0 Å². The van der Waals surface area contributed by atoms with E-state index in [0.29, 0.717) is 0 Å². The van der Waals surface area contributed by atoms with E-state index in [-0.39, 0.29) is 0 Å². The molecule has 58 valence electrons. The van der Waals surface area contributed by atoms with Crippen molar-refractivity contribution in [3.63, 3.8) is 0 Å². The highest BCUT2D eigenvalue weighted by Crippen LogP contribution is 2.16. The molecule has 0 atom stereocenters. The van der Waals surface area contributed by atoms with E-state index < -0.39 is 0 Å². The maximum atomic E-state index is 4.11. The van der Waals surface area contributed by atoms with E-state index in [1.807, 2.05) is 31.2 Å². The Hall–Kier alpha value is -0.630. The number of hydrogen-bond acceptors (Lipinski definition) is 1. The van der Waals surface area contributed by atoms with E-state index in [0.717, 1.165) is 15.7 Å². The molecular formula is C9H10BrN. The fourth-order valence-corrected chi connectivity index (χ4v) is 1.45. The lowest BCUT2D eigenvalue weighted by molar-refractivity contribution is 1.40. The first-order valence-corrected chi connectivity index (χ1v) is 4.23. The standard InChI is InChI=1S/C9H10BrN/c1-7(11-2)8-5-3-4-6-9(8)10/h3-6H,1-2H3. The number of nitrogens with zero attached hydrogens (tertiary/aromatic N) is 1. The average molecular weight is 212 g/mol. The molecule has 0 radical (unpaired) electrons. The van der Waals surface area contributed by atoms with E-state index in [1.54, 1.807) is 7.05 Å². The van der Waals surface area contributed by atoms with Gasteiger partial charge in [-0.2, -0.15) is 0 Å². The SMILES string of the molecule is CN=C(C)c1ccccc1Br. The molecule has 0 aliphatic rings. The molecule has 1 nitrogen and oxygen atoms in total. The predicted molar refractivity (Wildman–Crippen MR) is 52.3 cm³/mol. The van der Waals surface area contributed by atoms with Crippen molar-refractivity contribution in [2.75, 3.05) is 7.05 Å². The maximum absolute atomic E-state index is 4.11. The number of aliphatic imine (C=N–C) groups is 1. The minimum Gasteiger partial charge on any atom is -0.293 e. The fraction of sp³-hybridized carbons (Fsp3) is 0.222. The van der Waals surface area contributed by atoms with Gasteiger partial charge in [0.05, 0.1) is 0 Å². The number of hydrogen-bond donors (Lipinski definition) is 0. The van der Waals surface area contributed by atoms with Gasteiger partial charge >= 0.3 is 0 Å². The van der Waals surface area contributed by atoms with Crippen molar-refractivity contribution in [2.45, 2.75) is 6.92 Å². The van der Waals surface area contributed by atoms with E-state index in [4.69, 9.17) is 0 Å². The first-order valence-electron chi connectivity index (χ1n) is 3.44. The van der Waals surface area contributed by atoms with Gasteiger partial charge in [0.25, 0.3) is 0 Å². The Bertz CT molecular complexity index is 279. The molecule has 1 aromatic rings. The summed E-state index contributed by atoms with van der Waals surface area (Å²) in [7, 11) is 1.80. The summed E-state index contributed by atoms with van der Waals surface area (Å²) >= 11 is 3.46. The van der Waals surface area contributed by atoms with Crippen molar-refractivity contribution in [3.05, 3.63) is 34.3 Å². The summed E-state index contributed by atoms with van der Waals surface area (Å²) in [5.74, 6) is 0. The second kappa shape index (κ2) is 3.67. The maximum Gasteiger partial charge on any atom is 0.0397 e. The van der Waals surface area contributed by atoms with E-state index in [9.17, 15) is 0 Å². The average Bonchev–Trinajstić information content (AvgIpc) is 2.04. The van der Waals surface area contributed by atoms with Gasteiger partial charge in [0, 0.05) is 22.8 Å². The van der Waals surface area contributed by atoms with Crippen LogP contribution in [0, 0.1) is 0 Å². The third-order valence-corrected chi connectivity index (χ3v) is 2.29. The summed E-state index contributed by atoms with van der Waals surface area (Å²) in [4.78, 5) is 4.11. The molecule has 0 bridgehead atoms. The Balaban J connectivity index is 3.14. The van der Waals surface area contributed by atoms with E-state index >= 15 is 0 Å². The topological polar surface area (TPSA) is 12.4 Å². The molecule has 0 aliphatic carbocycles. The molecule has 0 N–H and O–H groups in total. The van der Waals surface area contributed by atoms with Crippen molar-refractivity contribution in [1.29, 1.82) is 0 Å². The summed E-state index contributed by atoms with van der Waals surface area (Å²) in [6, 6.07) is 8.07. The van der Waals surface area contributed by atoms with Crippen molar-refractivity contribution < 1.29 is 0 Å². The first kappa shape index (κ1) is 8.47. The van der Waals surface area contributed by atoms with Crippen LogP contribution in [0.4, 0.5) is 0 Å². The normalized spacial score (nSPS) is 11.7. The van der Waals surface area contributed by atoms with Gasteiger partial charge in [-0.3, -0.25) is 4.99 Å². The predicted octanol–water partition coefficient (Wildman–Crippen LogP) is 2.89. The minimum atomic E-state index is 1.05. The highest BCUT2D eigenvalue weighted by Gasteiger charge is 1.99. The summed E-state index contributed by atoms with van der Waals surface area (Å²) in [6.45, 7) is 2.00. The zero-order valence-corrected chi connectivity index (χ0v) is 8.22. The Morgan fingerprint density at radius 2 is 2.00 bits per heavy atom. The summed E-state index contributed by atoms with van der Waals surface area (Å²) < 4.78 is 1.10. The van der Waals surface area contributed by atoms with Crippen LogP contribution in [0.5, 0.6) is 0 Å². The lowest BCUT2D eigenvalue weighted by Gasteiger charge is -2.00. The largest absolute Gasteiger partial charge is 0.293 e. The van der Waals surface area contributed by atoms with Crippen molar-refractivity contribution >= 4 is 21.6 Å². The second-order valence-corrected chi connectivity index (χ2v) is 3.14. The highest BCUT2D eigenvalue weighted by molar-refractivity contribution is 9.10. The molecule has 0 fully saturated rings. The molecule has 0 aliphatic heterocycles. The van der Waals surface area contributed by atoms with Gasteiger partial charge in [-0.15, -0.1) is 0 Å². The van der Waals surface area contributed by atoms with Crippen LogP contribution in [0.25, 0.3) is 0 Å². The third kappa shape index (κ3) is 1.90. The Kier molecular flexibility index (Phi) is 2.83. The zero-order chi connectivity index (χ0) is 8.27. The molecule has 11 heavy (non-hydrogen) atoms.